The van der Waals surface area contributed by atoms with Crippen LogP contribution in [0.3, 0.4) is 0 Å². The van der Waals surface area contributed by atoms with Gasteiger partial charge >= 0.3 is 0 Å². The number of aromatic nitrogens is 1. The highest BCUT2D eigenvalue weighted by Crippen LogP contribution is 2.13. The third-order valence-electron chi connectivity index (χ3n) is 3.14. The van der Waals surface area contributed by atoms with E-state index < -0.39 is 0 Å². The number of nitrogens with zero attached hydrogens (tertiary/aromatic N) is 1. The van der Waals surface area contributed by atoms with Crippen molar-refractivity contribution in [2.45, 2.75) is 13.5 Å². The summed E-state index contributed by atoms with van der Waals surface area (Å²) in [5.74, 6) is 0.160. The standard InChI is InChI=1S/C16H14NOS.BrH/c1-12-6-7-14-13(10-12)4-2-8-17(14)11-15(18)16-5-3-9-19-16;/h2-10H,11H2,1H3;1H/q+1;/p-1. The fourth-order valence-electron chi connectivity index (χ4n) is 2.21. The molecular formula is C16H14BrNOS. The number of fused-ring (bicyclic) bond motifs is 1. The molecule has 3 aromatic rings. The van der Waals surface area contributed by atoms with E-state index >= 15 is 0 Å². The summed E-state index contributed by atoms with van der Waals surface area (Å²) >= 11 is 1.50. The number of aryl methyl sites for hydroxylation is 1. The van der Waals surface area contributed by atoms with Crippen LogP contribution in [0.25, 0.3) is 10.9 Å². The topological polar surface area (TPSA) is 20.9 Å². The highest BCUT2D eigenvalue weighted by Gasteiger charge is 2.15. The van der Waals surface area contributed by atoms with Gasteiger partial charge in [-0.1, -0.05) is 17.7 Å². The molecule has 0 N–H and O–H groups in total. The van der Waals surface area contributed by atoms with Crippen molar-refractivity contribution in [2.75, 3.05) is 0 Å². The first-order valence-electron chi connectivity index (χ1n) is 6.19. The van der Waals surface area contributed by atoms with E-state index in [9.17, 15) is 4.79 Å². The van der Waals surface area contributed by atoms with Crippen molar-refractivity contribution in [1.82, 2.24) is 0 Å². The maximum atomic E-state index is 12.2. The first-order chi connectivity index (χ1) is 9.24. The van der Waals surface area contributed by atoms with Gasteiger partial charge in [0.05, 0.1) is 4.88 Å². The molecule has 2 aromatic heterocycles. The first kappa shape index (κ1) is 14.9. The second kappa shape index (κ2) is 6.29. The van der Waals surface area contributed by atoms with E-state index in [1.54, 1.807) is 0 Å². The van der Waals surface area contributed by atoms with Crippen LogP contribution in [-0.2, 0) is 6.54 Å². The van der Waals surface area contributed by atoms with Crippen LogP contribution in [0.4, 0.5) is 0 Å². The summed E-state index contributed by atoms with van der Waals surface area (Å²) in [7, 11) is 0. The van der Waals surface area contributed by atoms with Gasteiger partial charge in [0, 0.05) is 17.5 Å². The lowest BCUT2D eigenvalue weighted by Gasteiger charge is -2.01. The number of carbonyl (C=O) groups excluding carboxylic acids is 1. The monoisotopic (exact) mass is 347 g/mol. The van der Waals surface area contributed by atoms with Gasteiger partial charge in [0.2, 0.25) is 17.8 Å². The van der Waals surface area contributed by atoms with Crippen LogP contribution in [0.1, 0.15) is 15.2 Å². The molecular weight excluding hydrogens is 334 g/mol. The number of benzene rings is 1. The number of rotatable bonds is 3. The van der Waals surface area contributed by atoms with Gasteiger partial charge in [-0.05, 0) is 30.5 Å². The molecule has 0 atom stereocenters. The summed E-state index contributed by atoms with van der Waals surface area (Å²) in [6.07, 6.45) is 1.96. The van der Waals surface area contributed by atoms with E-state index in [-0.39, 0.29) is 22.8 Å². The molecule has 0 fully saturated rings. The fraction of sp³-hybridized carbons (Fsp3) is 0.125. The molecule has 0 radical (unpaired) electrons. The van der Waals surface area contributed by atoms with Crippen molar-refractivity contribution in [3.8, 4) is 0 Å². The smallest absolute Gasteiger partial charge is 0.237 e. The molecule has 0 unspecified atom stereocenters. The number of hydrogen-bond donors (Lipinski definition) is 0. The van der Waals surface area contributed by atoms with Gasteiger partial charge in [-0.2, -0.15) is 4.57 Å². The van der Waals surface area contributed by atoms with E-state index in [4.69, 9.17) is 0 Å². The molecule has 2 nitrogen and oxygen atoms in total. The van der Waals surface area contributed by atoms with Gasteiger partial charge in [0.15, 0.2) is 6.20 Å². The van der Waals surface area contributed by atoms with E-state index in [2.05, 4.69) is 31.2 Å². The highest BCUT2D eigenvalue weighted by molar-refractivity contribution is 7.12. The third-order valence-corrected chi connectivity index (χ3v) is 4.06. The largest absolute Gasteiger partial charge is 1.00 e. The van der Waals surface area contributed by atoms with Crippen LogP contribution >= 0.6 is 11.3 Å². The Labute approximate surface area is 132 Å². The van der Waals surface area contributed by atoms with Crippen molar-refractivity contribution in [3.63, 3.8) is 0 Å². The summed E-state index contributed by atoms with van der Waals surface area (Å²) in [4.78, 5) is 13.0. The Balaban J connectivity index is 0.00000147. The predicted molar refractivity (Wildman–Crippen MR) is 77.5 cm³/mol. The Bertz CT molecular complexity index is 737. The Morgan fingerprint density at radius 3 is 2.80 bits per heavy atom. The first-order valence-corrected chi connectivity index (χ1v) is 7.07. The highest BCUT2D eigenvalue weighted by atomic mass is 79.9. The molecule has 102 valence electrons. The Morgan fingerprint density at radius 1 is 1.20 bits per heavy atom. The van der Waals surface area contributed by atoms with E-state index in [1.165, 1.54) is 22.3 Å². The number of hydrogen-bond acceptors (Lipinski definition) is 2. The van der Waals surface area contributed by atoms with Crippen LogP contribution in [0, 0.1) is 6.92 Å². The third kappa shape index (κ3) is 2.97. The zero-order chi connectivity index (χ0) is 13.2. The van der Waals surface area contributed by atoms with Crippen molar-refractivity contribution in [1.29, 1.82) is 0 Å². The Hall–Kier alpha value is -1.52. The zero-order valence-electron chi connectivity index (χ0n) is 11.0. The molecule has 0 spiro atoms. The van der Waals surface area contributed by atoms with Gasteiger partial charge in [-0.25, -0.2) is 0 Å². The van der Waals surface area contributed by atoms with Crippen LogP contribution < -0.4 is 21.5 Å². The van der Waals surface area contributed by atoms with Crippen LogP contribution in [0.5, 0.6) is 0 Å². The number of thiophene rings is 1. The van der Waals surface area contributed by atoms with Gasteiger partial charge in [-0.15, -0.1) is 11.3 Å². The molecule has 0 bridgehead atoms. The van der Waals surface area contributed by atoms with Crippen molar-refractivity contribution in [3.05, 3.63) is 64.5 Å². The molecule has 4 heteroatoms. The number of pyridine rings is 1. The van der Waals surface area contributed by atoms with Gasteiger partial charge in [0.1, 0.15) is 0 Å². The normalized spacial score (nSPS) is 10.2. The minimum atomic E-state index is 0. The lowest BCUT2D eigenvalue weighted by molar-refractivity contribution is -0.657. The zero-order valence-corrected chi connectivity index (χ0v) is 13.4. The minimum Gasteiger partial charge on any atom is -1.00 e. The molecule has 20 heavy (non-hydrogen) atoms. The number of carbonyl (C=O) groups is 1. The SMILES string of the molecule is Cc1ccc2c(ccc[n+]2CC(=O)c2cccs2)c1.[Br-]. The molecule has 0 amide bonds. The number of ketones is 1. The van der Waals surface area contributed by atoms with Crippen molar-refractivity contribution in [2.24, 2.45) is 0 Å². The van der Waals surface area contributed by atoms with Gasteiger partial charge in [-0.3, -0.25) is 4.79 Å². The lowest BCUT2D eigenvalue weighted by atomic mass is 10.1. The molecule has 0 aliphatic rings. The van der Waals surface area contributed by atoms with Crippen molar-refractivity contribution < 1.29 is 26.3 Å². The lowest BCUT2D eigenvalue weighted by Crippen LogP contribution is -3.00. The quantitative estimate of drug-likeness (QED) is 0.495. The molecule has 1 aromatic carbocycles. The van der Waals surface area contributed by atoms with Crippen molar-refractivity contribution >= 4 is 28.0 Å². The maximum absolute atomic E-state index is 12.2. The molecule has 3 rings (SSSR count). The summed E-state index contributed by atoms with van der Waals surface area (Å²) in [5.41, 5.74) is 2.33. The molecule has 0 aliphatic heterocycles. The summed E-state index contributed by atoms with van der Waals surface area (Å²) in [5, 5.41) is 3.10. The maximum Gasteiger partial charge on any atom is 0.237 e. The van der Waals surface area contributed by atoms with E-state index in [0.29, 0.717) is 6.54 Å². The average Bonchev–Trinajstić information content (AvgIpc) is 2.92. The van der Waals surface area contributed by atoms with Gasteiger partial charge in [0.25, 0.3) is 0 Å². The van der Waals surface area contributed by atoms with Crippen LogP contribution in [-0.4, -0.2) is 5.78 Å². The van der Waals surface area contributed by atoms with Crippen LogP contribution in [0.15, 0.2) is 54.0 Å². The molecule has 0 saturated heterocycles. The number of Topliss-reactive ketones (excluding diaryl/α,β-unsaturated/α-hetero) is 1. The summed E-state index contributed by atoms with van der Waals surface area (Å²) in [6.45, 7) is 2.47. The fourth-order valence-corrected chi connectivity index (χ4v) is 2.86. The summed E-state index contributed by atoms with van der Waals surface area (Å²) in [6, 6.07) is 14.2. The van der Waals surface area contributed by atoms with E-state index in [1.807, 2.05) is 34.3 Å². The molecule has 0 aliphatic carbocycles. The second-order valence-electron chi connectivity index (χ2n) is 4.60. The Morgan fingerprint density at radius 2 is 2.05 bits per heavy atom. The second-order valence-corrected chi connectivity index (χ2v) is 5.55. The molecule has 0 saturated carbocycles. The van der Waals surface area contributed by atoms with E-state index in [0.717, 1.165) is 10.4 Å². The van der Waals surface area contributed by atoms with Crippen LogP contribution in [0.2, 0.25) is 0 Å². The summed E-state index contributed by atoms with van der Waals surface area (Å²) < 4.78 is 2.01. The predicted octanol–water partition coefficient (Wildman–Crippen LogP) is 0.384. The Kier molecular flexibility index (Phi) is 4.68. The van der Waals surface area contributed by atoms with Gasteiger partial charge < -0.3 is 17.0 Å². The minimum absolute atomic E-state index is 0. The molecule has 2 heterocycles. The average molecular weight is 348 g/mol. The number of halogens is 1.